The molecule has 1 N–H and O–H groups in total. The smallest absolute Gasteiger partial charge is 0.103 e. The van der Waals surface area contributed by atoms with Crippen LogP contribution in [-0.2, 0) is 0 Å². The Morgan fingerprint density at radius 3 is 2.58 bits per heavy atom. The van der Waals surface area contributed by atoms with Gasteiger partial charge in [-0.15, -0.1) is 11.8 Å². The average molecular weight is 333 g/mol. The van der Waals surface area contributed by atoms with Crippen LogP contribution in [0.2, 0.25) is 0 Å². The van der Waals surface area contributed by atoms with E-state index in [1.54, 1.807) is 11.8 Å². The summed E-state index contributed by atoms with van der Waals surface area (Å²) in [5, 5.41) is 12.7. The highest BCUT2D eigenvalue weighted by molar-refractivity contribution is 9.10. The summed E-state index contributed by atoms with van der Waals surface area (Å²) in [4.78, 5) is 1.02. The molecular weight excluding hydrogens is 320 g/mol. The first-order valence-corrected chi connectivity index (χ1v) is 7.71. The number of halogens is 1. The summed E-state index contributed by atoms with van der Waals surface area (Å²) in [7, 11) is 0. The van der Waals surface area contributed by atoms with Gasteiger partial charge in [-0.05, 0) is 45.9 Å². The van der Waals surface area contributed by atoms with E-state index in [-0.39, 0.29) is 0 Å². The zero-order valence-electron chi connectivity index (χ0n) is 10.5. The number of hydrogen-bond acceptors (Lipinski definition) is 3. The molecule has 0 fully saturated rings. The van der Waals surface area contributed by atoms with Gasteiger partial charge in [-0.1, -0.05) is 25.1 Å². The molecule has 0 amide bonds. The number of benzene rings is 2. The van der Waals surface area contributed by atoms with Gasteiger partial charge in [0, 0.05) is 9.37 Å². The molecule has 0 unspecified atom stereocenters. The molecule has 96 valence electrons. The third kappa shape index (κ3) is 3.31. The van der Waals surface area contributed by atoms with E-state index in [0.29, 0.717) is 5.56 Å². The Hall–Kier alpha value is -1.44. The van der Waals surface area contributed by atoms with Crippen LogP contribution in [0.5, 0.6) is 0 Å². The fraction of sp³-hybridized carbons (Fsp3) is 0.133. The molecule has 2 aromatic rings. The second kappa shape index (κ2) is 6.65. The van der Waals surface area contributed by atoms with Crippen molar-refractivity contribution in [2.45, 2.75) is 11.8 Å². The molecule has 0 spiro atoms. The number of hydrogen-bond donors (Lipinski definition) is 1. The summed E-state index contributed by atoms with van der Waals surface area (Å²) in [6.45, 7) is 2.08. The first-order valence-electron chi connectivity index (χ1n) is 5.93. The molecule has 0 heterocycles. The molecule has 0 saturated heterocycles. The van der Waals surface area contributed by atoms with Crippen LogP contribution >= 0.6 is 27.7 Å². The van der Waals surface area contributed by atoms with Gasteiger partial charge in [0.25, 0.3) is 0 Å². The third-order valence-corrected chi connectivity index (χ3v) is 4.21. The lowest BCUT2D eigenvalue weighted by atomic mass is 10.2. The van der Waals surface area contributed by atoms with Crippen molar-refractivity contribution in [1.82, 2.24) is 0 Å². The Labute approximate surface area is 126 Å². The predicted molar refractivity (Wildman–Crippen MR) is 85.0 cm³/mol. The Morgan fingerprint density at radius 1 is 1.16 bits per heavy atom. The number of nitrogens with one attached hydrogen (secondary N) is 1. The quantitative estimate of drug-likeness (QED) is 0.784. The molecule has 0 aromatic heterocycles. The van der Waals surface area contributed by atoms with Crippen LogP contribution in [0.25, 0.3) is 0 Å². The van der Waals surface area contributed by atoms with Gasteiger partial charge in [-0.3, -0.25) is 0 Å². The van der Waals surface area contributed by atoms with E-state index in [1.807, 2.05) is 42.5 Å². The van der Waals surface area contributed by atoms with Crippen molar-refractivity contribution in [3.63, 3.8) is 0 Å². The van der Waals surface area contributed by atoms with Crippen molar-refractivity contribution in [2.75, 3.05) is 11.1 Å². The predicted octanol–water partition coefficient (Wildman–Crippen LogP) is 5.18. The molecule has 2 nitrogen and oxygen atoms in total. The summed E-state index contributed by atoms with van der Waals surface area (Å²) in [5.74, 6) is 0.952. The first kappa shape index (κ1) is 14.0. The summed E-state index contributed by atoms with van der Waals surface area (Å²) in [6.07, 6.45) is 0. The molecule has 0 saturated carbocycles. The molecule has 0 bridgehead atoms. The molecule has 19 heavy (non-hydrogen) atoms. The second-order valence-corrected chi connectivity index (χ2v) is 5.99. The summed E-state index contributed by atoms with van der Waals surface area (Å²) < 4.78 is 0.979. The van der Waals surface area contributed by atoms with Gasteiger partial charge in [-0.2, -0.15) is 5.26 Å². The van der Waals surface area contributed by atoms with Crippen molar-refractivity contribution in [3.05, 3.63) is 52.5 Å². The van der Waals surface area contributed by atoms with Crippen LogP contribution in [0.3, 0.4) is 0 Å². The number of anilines is 2. The highest BCUT2D eigenvalue weighted by Crippen LogP contribution is 2.31. The Bertz CT molecular complexity index is 620. The van der Waals surface area contributed by atoms with Crippen molar-refractivity contribution in [3.8, 4) is 6.07 Å². The summed E-state index contributed by atoms with van der Waals surface area (Å²) >= 11 is 5.18. The Morgan fingerprint density at radius 2 is 1.89 bits per heavy atom. The number of rotatable bonds is 4. The van der Waals surface area contributed by atoms with Crippen LogP contribution < -0.4 is 5.32 Å². The van der Waals surface area contributed by atoms with Gasteiger partial charge in [0.1, 0.15) is 6.07 Å². The summed E-state index contributed by atoms with van der Waals surface area (Å²) in [6, 6.07) is 16.0. The molecule has 2 rings (SSSR count). The molecule has 0 radical (unpaired) electrons. The molecule has 0 atom stereocenters. The minimum atomic E-state index is 0.699. The van der Waals surface area contributed by atoms with Gasteiger partial charge in [-0.25, -0.2) is 0 Å². The topological polar surface area (TPSA) is 35.8 Å². The van der Waals surface area contributed by atoms with Crippen molar-refractivity contribution in [2.24, 2.45) is 0 Å². The van der Waals surface area contributed by atoms with E-state index in [4.69, 9.17) is 0 Å². The number of para-hydroxylation sites is 1. The standard InChI is InChI=1S/C15H13BrN2S/c1-2-19-15-9-5-8-13(11(15)10-17)18-14-7-4-3-6-12(14)16/h3-9,18H,2H2,1H3. The number of nitrogens with zero attached hydrogens (tertiary/aromatic N) is 1. The van der Waals surface area contributed by atoms with Crippen LogP contribution in [0.4, 0.5) is 11.4 Å². The van der Waals surface area contributed by atoms with E-state index < -0.39 is 0 Å². The molecular formula is C15H13BrN2S. The Balaban J connectivity index is 2.38. The van der Waals surface area contributed by atoms with Gasteiger partial charge in [0.2, 0.25) is 0 Å². The molecule has 0 aliphatic rings. The van der Waals surface area contributed by atoms with E-state index >= 15 is 0 Å². The van der Waals surface area contributed by atoms with Crippen molar-refractivity contribution in [1.29, 1.82) is 5.26 Å². The molecule has 0 aliphatic heterocycles. The third-order valence-electron chi connectivity index (χ3n) is 2.58. The molecule has 4 heteroatoms. The fourth-order valence-corrected chi connectivity index (χ4v) is 2.90. The summed E-state index contributed by atoms with van der Waals surface area (Å²) in [5.41, 5.74) is 2.50. The minimum absolute atomic E-state index is 0.699. The highest BCUT2D eigenvalue weighted by atomic mass is 79.9. The number of nitriles is 1. The lowest BCUT2D eigenvalue weighted by molar-refractivity contribution is 1.34. The zero-order chi connectivity index (χ0) is 13.7. The van der Waals surface area contributed by atoms with Crippen LogP contribution in [0, 0.1) is 11.3 Å². The van der Waals surface area contributed by atoms with Gasteiger partial charge in [0.05, 0.1) is 16.9 Å². The minimum Gasteiger partial charge on any atom is -0.353 e. The van der Waals surface area contributed by atoms with Crippen LogP contribution in [-0.4, -0.2) is 5.75 Å². The SMILES string of the molecule is CCSc1cccc(Nc2ccccc2Br)c1C#N. The van der Waals surface area contributed by atoms with Crippen LogP contribution in [0.15, 0.2) is 51.8 Å². The fourth-order valence-electron chi connectivity index (χ4n) is 1.73. The van der Waals surface area contributed by atoms with E-state index in [1.165, 1.54) is 0 Å². The van der Waals surface area contributed by atoms with E-state index in [9.17, 15) is 5.26 Å². The van der Waals surface area contributed by atoms with E-state index in [0.717, 1.165) is 26.5 Å². The maximum absolute atomic E-state index is 9.36. The second-order valence-electron chi connectivity index (χ2n) is 3.83. The maximum atomic E-state index is 9.36. The van der Waals surface area contributed by atoms with Crippen LogP contribution in [0.1, 0.15) is 12.5 Å². The number of thioether (sulfide) groups is 1. The van der Waals surface area contributed by atoms with E-state index in [2.05, 4.69) is 34.2 Å². The highest BCUT2D eigenvalue weighted by Gasteiger charge is 2.09. The lowest BCUT2D eigenvalue weighted by Crippen LogP contribution is -1.96. The maximum Gasteiger partial charge on any atom is 0.103 e. The normalized spacial score (nSPS) is 9.95. The van der Waals surface area contributed by atoms with Gasteiger partial charge < -0.3 is 5.32 Å². The zero-order valence-corrected chi connectivity index (χ0v) is 12.9. The van der Waals surface area contributed by atoms with Gasteiger partial charge >= 0.3 is 0 Å². The largest absolute Gasteiger partial charge is 0.353 e. The first-order chi connectivity index (χ1) is 9.26. The monoisotopic (exact) mass is 332 g/mol. The van der Waals surface area contributed by atoms with Gasteiger partial charge in [0.15, 0.2) is 0 Å². The molecule has 2 aromatic carbocycles. The molecule has 0 aliphatic carbocycles. The van der Waals surface area contributed by atoms with Crippen molar-refractivity contribution < 1.29 is 0 Å². The Kier molecular flexibility index (Phi) is 4.89. The lowest BCUT2D eigenvalue weighted by Gasteiger charge is -2.12. The average Bonchev–Trinajstić information content (AvgIpc) is 2.42. The van der Waals surface area contributed by atoms with Crippen molar-refractivity contribution >= 4 is 39.1 Å².